The van der Waals surface area contributed by atoms with Crippen LogP contribution in [0, 0.1) is 0 Å². The fourth-order valence-corrected chi connectivity index (χ4v) is 7.18. The van der Waals surface area contributed by atoms with Crippen molar-refractivity contribution in [2.75, 3.05) is 38.7 Å². The minimum atomic E-state index is -2.81. The van der Waals surface area contributed by atoms with Crippen LogP contribution < -0.4 is 10.6 Å². The summed E-state index contributed by atoms with van der Waals surface area (Å²) in [6.07, 6.45) is -3.39. The number of aromatic nitrogens is 6. The fourth-order valence-electron chi connectivity index (χ4n) is 5.42. The van der Waals surface area contributed by atoms with Crippen LogP contribution in [0.2, 0.25) is 0 Å². The summed E-state index contributed by atoms with van der Waals surface area (Å²) in [5.41, 5.74) is 0.857. The monoisotopic (exact) mass is 766 g/mol. The lowest BCUT2D eigenvalue weighted by molar-refractivity contribution is -0.0435. The highest BCUT2D eigenvalue weighted by Gasteiger charge is 2.49. The van der Waals surface area contributed by atoms with E-state index in [0.29, 0.717) is 30.3 Å². The number of imidazole rings is 2. The number of aliphatic imine (C=N–C) groups is 2. The first-order valence-electron chi connectivity index (χ1n) is 14.5. The normalized spacial score (nSPS) is 28.8. The van der Waals surface area contributed by atoms with Crippen molar-refractivity contribution in [3.8, 4) is 0 Å². The second-order valence-electron chi connectivity index (χ2n) is 10.4. The van der Waals surface area contributed by atoms with E-state index in [-0.39, 0.29) is 17.2 Å². The van der Waals surface area contributed by atoms with Gasteiger partial charge in [-0.3, -0.25) is 23.3 Å². The lowest BCUT2D eigenvalue weighted by Crippen LogP contribution is -2.31. The Hall–Kier alpha value is -2.78. The molecule has 2 fully saturated rings. The van der Waals surface area contributed by atoms with Gasteiger partial charge in [0.25, 0.3) is 0 Å². The molecule has 0 aliphatic carbocycles. The van der Waals surface area contributed by atoms with E-state index in [0.717, 1.165) is 0 Å². The number of nitrogens with zero attached hydrogens (tertiary/aromatic N) is 8. The maximum absolute atomic E-state index is 15.3. The van der Waals surface area contributed by atoms with E-state index in [1.807, 2.05) is 0 Å². The number of halogens is 2. The lowest BCUT2D eigenvalue weighted by atomic mass is 10.1. The van der Waals surface area contributed by atoms with E-state index in [1.54, 1.807) is 12.2 Å². The first-order chi connectivity index (χ1) is 23.6. The molecule has 0 aromatic carbocycles. The summed E-state index contributed by atoms with van der Waals surface area (Å²) in [6, 6.07) is 0. The Morgan fingerprint density at radius 2 is 1.59 bits per heavy atom. The quantitative estimate of drug-likeness (QED) is 0.0428. The smallest absolute Gasteiger partial charge is 0.243 e. The van der Waals surface area contributed by atoms with Crippen molar-refractivity contribution in [1.82, 2.24) is 34.4 Å². The predicted octanol–water partition coefficient (Wildman–Crippen LogP) is 1.85. The number of thiol groups is 2. The SMILES string of the molecule is C=Nc1c(/C(=N\C)NC/C=C/CNc2ncnc3c2ncn3[C@@H]2O[C@H](CO)[C@@H](O[PH](=O)S)[C@H]2F)ncn1[C@@H]1O[C@H](CO)[C@@H](O[PH](=O)S)[C@H]1F. The van der Waals surface area contributed by atoms with Crippen LogP contribution in [0.4, 0.5) is 20.4 Å². The van der Waals surface area contributed by atoms with Crippen molar-refractivity contribution >= 4 is 74.3 Å². The maximum Gasteiger partial charge on any atom is 0.243 e. The molecule has 5 heterocycles. The third-order valence-corrected chi connectivity index (χ3v) is 9.16. The van der Waals surface area contributed by atoms with Gasteiger partial charge in [-0.2, -0.15) is 0 Å². The Bertz CT molecular complexity index is 1740. The predicted molar refractivity (Wildman–Crippen MR) is 182 cm³/mol. The van der Waals surface area contributed by atoms with Gasteiger partial charge in [0.1, 0.15) is 36.4 Å². The van der Waals surface area contributed by atoms with Gasteiger partial charge in [0.2, 0.25) is 14.5 Å². The van der Waals surface area contributed by atoms with Crippen molar-refractivity contribution in [2.45, 2.75) is 49.2 Å². The van der Waals surface area contributed by atoms with Gasteiger partial charge in [-0.25, -0.2) is 33.7 Å². The van der Waals surface area contributed by atoms with Gasteiger partial charge in [-0.05, 0) is 6.72 Å². The molecule has 3 aromatic rings. The highest BCUT2D eigenvalue weighted by atomic mass is 32.7. The van der Waals surface area contributed by atoms with Gasteiger partial charge in [0.15, 0.2) is 53.4 Å². The average molecular weight is 767 g/mol. The molecule has 3 aromatic heterocycles. The molecule has 24 heteroatoms. The Morgan fingerprint density at radius 3 is 2.16 bits per heavy atom. The van der Waals surface area contributed by atoms with Crippen molar-refractivity contribution in [2.24, 2.45) is 9.98 Å². The molecular weight excluding hydrogens is 732 g/mol. The number of fused-ring (bicyclic) bond motifs is 1. The van der Waals surface area contributed by atoms with E-state index in [1.165, 1.54) is 35.2 Å². The van der Waals surface area contributed by atoms with Crippen LogP contribution >= 0.6 is 39.0 Å². The first kappa shape index (κ1) is 37.5. The van der Waals surface area contributed by atoms with Gasteiger partial charge < -0.3 is 39.4 Å². The zero-order valence-electron chi connectivity index (χ0n) is 25.6. The van der Waals surface area contributed by atoms with Crippen molar-refractivity contribution in [3.63, 3.8) is 0 Å². The molecule has 5 rings (SSSR count). The molecule has 2 unspecified atom stereocenters. The van der Waals surface area contributed by atoms with Crippen molar-refractivity contribution in [3.05, 3.63) is 36.8 Å². The molecule has 0 radical (unpaired) electrons. The second-order valence-corrected chi connectivity index (χ2v) is 14.1. The van der Waals surface area contributed by atoms with Crippen LogP contribution in [0.15, 0.2) is 41.1 Å². The van der Waals surface area contributed by atoms with E-state index >= 15 is 8.78 Å². The summed E-state index contributed by atoms with van der Waals surface area (Å²) in [5.74, 6) is 0.826. The van der Waals surface area contributed by atoms with E-state index in [2.05, 4.69) is 71.8 Å². The number of anilines is 1. The molecule has 2 aliphatic rings. The number of hydrogen-bond acceptors (Lipinski definition) is 15. The number of amidine groups is 1. The minimum absolute atomic E-state index is 0.143. The zero-order valence-corrected chi connectivity index (χ0v) is 29.4. The van der Waals surface area contributed by atoms with Crippen LogP contribution in [-0.2, 0) is 27.7 Å². The lowest BCUT2D eigenvalue weighted by Gasteiger charge is -2.17. The third kappa shape index (κ3) is 8.08. The molecule has 4 N–H and O–H groups in total. The standard InChI is InChI=1S/C25H34F2N10O8P2S2/c1-28-20(16-22(29-2)36(10-34-16)24-14(26)18(44-46(40)48)12(7-38)42-24)30-5-3-4-6-31-21-17-23(33-9-32-21)37(11-35-17)25-15(27)19(45-47(41)49)13(8-39)43-25/h3-4,9-15,18-19,24-25,38-39,46-47H,2,5-8H2,1H3,(H,28,30)(H,40,48)(H,41,49)(H,31,32,33)/b4-3+/t12-,13-,14-,15-,18-,19-,24-,25-/m1/s1. The van der Waals surface area contributed by atoms with Crippen LogP contribution in [-0.4, -0.2) is 122 Å². The van der Waals surface area contributed by atoms with Crippen LogP contribution in [0.3, 0.4) is 0 Å². The number of aliphatic hydroxyl groups is 2. The summed E-state index contributed by atoms with van der Waals surface area (Å²) in [4.78, 5) is 25.3. The summed E-state index contributed by atoms with van der Waals surface area (Å²) in [6.45, 7) is 3.03. The molecule has 2 aliphatic heterocycles. The van der Waals surface area contributed by atoms with Crippen LogP contribution in [0.1, 0.15) is 18.1 Å². The molecule has 49 heavy (non-hydrogen) atoms. The third-order valence-electron chi connectivity index (χ3n) is 7.58. The Kier molecular flexibility index (Phi) is 13.0. The number of ether oxygens (including phenoxy) is 2. The molecule has 268 valence electrons. The van der Waals surface area contributed by atoms with E-state index < -0.39 is 76.9 Å². The fraction of sp³-hybridized carbons (Fsp3) is 0.520. The highest BCUT2D eigenvalue weighted by molar-refractivity contribution is 8.39. The van der Waals surface area contributed by atoms with E-state index in [4.69, 9.17) is 18.5 Å². The largest absolute Gasteiger partial charge is 0.394 e. The molecule has 0 spiro atoms. The number of nitrogens with one attached hydrogen (secondary N) is 2. The molecular formula is C25H34F2N10O8P2S2. The molecule has 0 saturated carbocycles. The first-order valence-corrected chi connectivity index (χ1v) is 19.7. The molecule has 0 bridgehead atoms. The Morgan fingerprint density at radius 1 is 1.00 bits per heavy atom. The Labute approximate surface area is 289 Å². The second kappa shape index (κ2) is 17.0. The summed E-state index contributed by atoms with van der Waals surface area (Å²) in [5, 5.41) is 25.4. The van der Waals surface area contributed by atoms with Gasteiger partial charge in [0.05, 0.1) is 25.9 Å². The number of aliphatic hydroxyl groups excluding tert-OH is 2. The number of hydrogen-bond donors (Lipinski definition) is 6. The molecule has 2 saturated heterocycles. The van der Waals surface area contributed by atoms with E-state index in [9.17, 15) is 19.3 Å². The van der Waals surface area contributed by atoms with Crippen LogP contribution in [0.5, 0.6) is 0 Å². The molecule has 18 nitrogen and oxygen atoms in total. The maximum atomic E-state index is 15.3. The number of rotatable bonds is 15. The number of alkyl halides is 2. The Balaban J connectivity index is 1.20. The average Bonchev–Trinajstić information content (AvgIpc) is 3.85. The molecule has 10 atom stereocenters. The summed E-state index contributed by atoms with van der Waals surface area (Å²) < 4.78 is 77.6. The topological polar surface area (TPSA) is 222 Å². The zero-order chi connectivity index (χ0) is 35.2. The van der Waals surface area contributed by atoms with Crippen molar-refractivity contribution in [1.29, 1.82) is 0 Å². The summed E-state index contributed by atoms with van der Waals surface area (Å²) in [7, 11) is -4.08. The van der Waals surface area contributed by atoms with Gasteiger partial charge in [-0.15, -0.1) is 0 Å². The van der Waals surface area contributed by atoms with Crippen molar-refractivity contribution < 1.29 is 46.6 Å². The van der Waals surface area contributed by atoms with Gasteiger partial charge in [-0.1, -0.05) is 36.6 Å². The summed E-state index contributed by atoms with van der Waals surface area (Å²) >= 11 is 7.42. The highest BCUT2D eigenvalue weighted by Crippen LogP contribution is 2.43. The molecule has 0 amide bonds. The van der Waals surface area contributed by atoms with Crippen LogP contribution in [0.25, 0.3) is 11.2 Å². The van der Waals surface area contributed by atoms with Gasteiger partial charge in [0, 0.05) is 20.1 Å². The van der Waals surface area contributed by atoms with Gasteiger partial charge >= 0.3 is 0 Å². The minimum Gasteiger partial charge on any atom is -0.394 e.